The van der Waals surface area contributed by atoms with Gasteiger partial charge in [-0.3, -0.25) is 0 Å². The Morgan fingerprint density at radius 3 is 2.84 bits per heavy atom. The van der Waals surface area contributed by atoms with Gasteiger partial charge >= 0.3 is 6.03 Å². The van der Waals surface area contributed by atoms with Gasteiger partial charge in [-0.05, 0) is 37.0 Å². The van der Waals surface area contributed by atoms with E-state index in [1.807, 2.05) is 24.3 Å². The van der Waals surface area contributed by atoms with Crippen LogP contribution in [-0.2, 0) is 6.42 Å². The van der Waals surface area contributed by atoms with Crippen molar-refractivity contribution in [1.29, 1.82) is 0 Å². The molecule has 19 heavy (non-hydrogen) atoms. The van der Waals surface area contributed by atoms with Crippen molar-refractivity contribution in [1.82, 2.24) is 10.2 Å². The van der Waals surface area contributed by atoms with E-state index in [4.69, 9.17) is 11.6 Å². The Kier molecular flexibility index (Phi) is 5.05. The number of halogens is 1. The smallest absolute Gasteiger partial charge is 0.317 e. The number of nitrogens with one attached hydrogen (secondary N) is 1. The van der Waals surface area contributed by atoms with Gasteiger partial charge in [-0.15, -0.1) is 0 Å². The van der Waals surface area contributed by atoms with Crippen molar-refractivity contribution in [3.63, 3.8) is 0 Å². The Morgan fingerprint density at radius 1 is 1.42 bits per heavy atom. The number of likely N-dealkylation sites (tertiary alicyclic amines) is 1. The van der Waals surface area contributed by atoms with Crippen LogP contribution >= 0.6 is 11.6 Å². The summed E-state index contributed by atoms with van der Waals surface area (Å²) in [5.41, 5.74) is 1.14. The zero-order chi connectivity index (χ0) is 13.7. The number of hydrogen-bond acceptors (Lipinski definition) is 2. The van der Waals surface area contributed by atoms with Crippen molar-refractivity contribution < 1.29 is 9.90 Å². The molecule has 1 aromatic carbocycles. The number of urea groups is 1. The molecular weight excluding hydrogens is 264 g/mol. The fraction of sp³-hybridized carbons (Fsp3) is 0.500. The molecule has 1 saturated heterocycles. The van der Waals surface area contributed by atoms with Gasteiger partial charge in [0.15, 0.2) is 0 Å². The molecule has 1 atom stereocenters. The van der Waals surface area contributed by atoms with Crippen LogP contribution < -0.4 is 5.32 Å². The molecule has 1 aliphatic heterocycles. The third kappa shape index (κ3) is 3.85. The Morgan fingerprint density at radius 2 is 2.16 bits per heavy atom. The lowest BCUT2D eigenvalue weighted by Crippen LogP contribution is -2.44. The normalized spacial score (nSPS) is 18.6. The minimum atomic E-state index is -0.0782. The molecule has 1 aliphatic rings. The third-order valence-electron chi connectivity index (χ3n) is 3.45. The standard InChI is InChI=1S/C14H19ClN2O2/c15-12-5-3-11(4-6-12)7-8-16-14(19)17-9-1-2-13(17)10-18/h3-6,13,18H,1-2,7-10H2,(H,16,19)/t13-/m0/s1. The van der Waals surface area contributed by atoms with Crippen LogP contribution in [0.4, 0.5) is 4.79 Å². The molecule has 0 unspecified atom stereocenters. The predicted molar refractivity (Wildman–Crippen MR) is 75.4 cm³/mol. The van der Waals surface area contributed by atoms with Crippen LogP contribution in [-0.4, -0.2) is 41.8 Å². The average molecular weight is 283 g/mol. The van der Waals surface area contributed by atoms with Crippen LogP contribution in [0.1, 0.15) is 18.4 Å². The molecule has 104 valence electrons. The highest BCUT2D eigenvalue weighted by Crippen LogP contribution is 2.16. The summed E-state index contributed by atoms with van der Waals surface area (Å²) in [5.74, 6) is 0. The van der Waals surface area contributed by atoms with Crippen LogP contribution in [0.3, 0.4) is 0 Å². The summed E-state index contributed by atoms with van der Waals surface area (Å²) in [5, 5.41) is 12.8. The van der Waals surface area contributed by atoms with E-state index in [0.29, 0.717) is 6.54 Å². The number of aliphatic hydroxyl groups excluding tert-OH is 1. The summed E-state index contributed by atoms with van der Waals surface area (Å²) >= 11 is 5.81. The van der Waals surface area contributed by atoms with Crippen LogP contribution in [0.5, 0.6) is 0 Å². The number of amides is 2. The lowest BCUT2D eigenvalue weighted by Gasteiger charge is -2.23. The lowest BCUT2D eigenvalue weighted by atomic mass is 10.1. The number of hydrogen-bond donors (Lipinski definition) is 2. The molecular formula is C14H19ClN2O2. The zero-order valence-corrected chi connectivity index (χ0v) is 11.6. The maximum Gasteiger partial charge on any atom is 0.317 e. The average Bonchev–Trinajstić information content (AvgIpc) is 2.89. The first-order valence-electron chi connectivity index (χ1n) is 6.60. The Bertz CT molecular complexity index is 422. The summed E-state index contributed by atoms with van der Waals surface area (Å²) < 4.78 is 0. The number of carbonyl (C=O) groups is 1. The second kappa shape index (κ2) is 6.78. The first-order valence-corrected chi connectivity index (χ1v) is 6.98. The van der Waals surface area contributed by atoms with E-state index in [-0.39, 0.29) is 18.7 Å². The SMILES string of the molecule is O=C(NCCc1ccc(Cl)cc1)N1CCC[C@H]1CO. The van der Waals surface area contributed by atoms with Gasteiger partial charge in [-0.2, -0.15) is 0 Å². The van der Waals surface area contributed by atoms with Gasteiger partial charge in [0.2, 0.25) is 0 Å². The van der Waals surface area contributed by atoms with Crippen molar-refractivity contribution in [2.75, 3.05) is 19.7 Å². The van der Waals surface area contributed by atoms with Gasteiger partial charge in [-0.1, -0.05) is 23.7 Å². The van der Waals surface area contributed by atoms with Crippen LogP contribution in [0, 0.1) is 0 Å². The molecule has 2 amide bonds. The molecule has 1 fully saturated rings. The monoisotopic (exact) mass is 282 g/mol. The molecule has 0 spiro atoms. The number of aliphatic hydroxyl groups is 1. The van der Waals surface area contributed by atoms with Crippen molar-refractivity contribution >= 4 is 17.6 Å². The Labute approximate surface area is 118 Å². The summed E-state index contributed by atoms with van der Waals surface area (Å²) in [7, 11) is 0. The second-order valence-corrected chi connectivity index (χ2v) is 5.22. The van der Waals surface area contributed by atoms with Gasteiger partial charge in [0.1, 0.15) is 0 Å². The van der Waals surface area contributed by atoms with Crippen molar-refractivity contribution in [2.45, 2.75) is 25.3 Å². The summed E-state index contributed by atoms with van der Waals surface area (Å²) in [6.45, 7) is 1.37. The van der Waals surface area contributed by atoms with E-state index in [2.05, 4.69) is 5.32 Å². The molecule has 0 saturated carbocycles. The summed E-state index contributed by atoms with van der Waals surface area (Å²) in [4.78, 5) is 13.7. The van der Waals surface area contributed by atoms with Crippen LogP contribution in [0.2, 0.25) is 5.02 Å². The molecule has 0 bridgehead atoms. The maximum absolute atomic E-state index is 11.9. The first-order chi connectivity index (χ1) is 9.20. The predicted octanol–water partition coefficient (Wildman–Crippen LogP) is 2.05. The van der Waals surface area contributed by atoms with E-state index in [0.717, 1.165) is 36.4 Å². The molecule has 5 heteroatoms. The highest BCUT2D eigenvalue weighted by Gasteiger charge is 2.27. The highest BCUT2D eigenvalue weighted by atomic mass is 35.5. The highest BCUT2D eigenvalue weighted by molar-refractivity contribution is 6.30. The third-order valence-corrected chi connectivity index (χ3v) is 3.70. The summed E-state index contributed by atoms with van der Waals surface area (Å²) in [6.07, 6.45) is 2.64. The molecule has 2 rings (SSSR count). The van der Waals surface area contributed by atoms with Gasteiger partial charge in [0, 0.05) is 18.1 Å². The number of carbonyl (C=O) groups excluding carboxylic acids is 1. The van der Waals surface area contributed by atoms with E-state index in [1.54, 1.807) is 4.90 Å². The van der Waals surface area contributed by atoms with Crippen molar-refractivity contribution in [3.8, 4) is 0 Å². The zero-order valence-electron chi connectivity index (χ0n) is 10.8. The minimum Gasteiger partial charge on any atom is -0.394 e. The molecule has 0 aromatic heterocycles. The first kappa shape index (κ1) is 14.2. The molecule has 1 aromatic rings. The van der Waals surface area contributed by atoms with Crippen molar-refractivity contribution in [2.24, 2.45) is 0 Å². The largest absolute Gasteiger partial charge is 0.394 e. The lowest BCUT2D eigenvalue weighted by molar-refractivity contribution is 0.157. The van der Waals surface area contributed by atoms with E-state index in [1.165, 1.54) is 0 Å². The van der Waals surface area contributed by atoms with E-state index in [9.17, 15) is 9.90 Å². The second-order valence-electron chi connectivity index (χ2n) is 4.78. The minimum absolute atomic E-state index is 0.0180. The number of nitrogens with zero attached hydrogens (tertiary/aromatic N) is 1. The molecule has 2 N–H and O–H groups in total. The van der Waals surface area contributed by atoms with Crippen molar-refractivity contribution in [3.05, 3.63) is 34.9 Å². The fourth-order valence-electron chi connectivity index (χ4n) is 2.36. The maximum atomic E-state index is 11.9. The Hall–Kier alpha value is -1.26. The van der Waals surface area contributed by atoms with Gasteiger partial charge in [0.05, 0.1) is 12.6 Å². The molecule has 0 radical (unpaired) electrons. The van der Waals surface area contributed by atoms with Crippen LogP contribution in [0.15, 0.2) is 24.3 Å². The van der Waals surface area contributed by atoms with E-state index >= 15 is 0 Å². The topological polar surface area (TPSA) is 52.6 Å². The van der Waals surface area contributed by atoms with Crippen LogP contribution in [0.25, 0.3) is 0 Å². The molecule has 0 aliphatic carbocycles. The quantitative estimate of drug-likeness (QED) is 0.888. The number of benzene rings is 1. The van der Waals surface area contributed by atoms with Gasteiger partial charge in [-0.25, -0.2) is 4.79 Å². The van der Waals surface area contributed by atoms with E-state index < -0.39 is 0 Å². The molecule has 4 nitrogen and oxygen atoms in total. The van der Waals surface area contributed by atoms with Gasteiger partial charge in [0.25, 0.3) is 0 Å². The number of rotatable bonds is 4. The molecule has 1 heterocycles. The Balaban J connectivity index is 1.76. The van der Waals surface area contributed by atoms with Gasteiger partial charge < -0.3 is 15.3 Å². The fourth-order valence-corrected chi connectivity index (χ4v) is 2.49. The summed E-state index contributed by atoms with van der Waals surface area (Å²) in [6, 6.07) is 7.52.